The molecule has 2 fully saturated rings. The Bertz CT molecular complexity index is 900. The zero-order valence-electron chi connectivity index (χ0n) is 13.6. The number of fused-ring (bicyclic) bond motifs is 2. The van der Waals surface area contributed by atoms with Gasteiger partial charge in [0.1, 0.15) is 30.2 Å². The summed E-state index contributed by atoms with van der Waals surface area (Å²) in [7, 11) is 0. The quantitative estimate of drug-likeness (QED) is 0.547. The third-order valence-corrected chi connectivity index (χ3v) is 4.46. The standard InChI is InChI=1S/C16H16IN5O3/c1-16(2)24-11-9(5-3-4-6-17)23-15(12(11)25-16)22-8-21-10-13(18)19-7-20-14(10)22/h3,5,7-9,11-12,15H,1-2H3,(H2,18,19,20)/b5-3+/t9-,11-,12-,15-/m1/s1. The van der Waals surface area contributed by atoms with Crippen molar-refractivity contribution in [1.82, 2.24) is 19.5 Å². The molecule has 9 heteroatoms. The third-order valence-electron chi connectivity index (χ3n) is 4.15. The fourth-order valence-corrected chi connectivity index (χ4v) is 3.40. The smallest absolute Gasteiger partial charge is 0.167 e. The van der Waals surface area contributed by atoms with Crippen LogP contribution in [0, 0.1) is 9.85 Å². The summed E-state index contributed by atoms with van der Waals surface area (Å²) in [6.07, 6.45) is 5.43. The van der Waals surface area contributed by atoms with Crippen molar-refractivity contribution >= 4 is 39.6 Å². The van der Waals surface area contributed by atoms with Crippen molar-refractivity contribution in [2.75, 3.05) is 5.73 Å². The van der Waals surface area contributed by atoms with Crippen LogP contribution < -0.4 is 5.73 Å². The summed E-state index contributed by atoms with van der Waals surface area (Å²) >= 11 is 1.99. The second-order valence-electron chi connectivity index (χ2n) is 6.24. The van der Waals surface area contributed by atoms with Gasteiger partial charge in [0, 0.05) is 22.6 Å². The van der Waals surface area contributed by atoms with Gasteiger partial charge >= 0.3 is 0 Å². The van der Waals surface area contributed by atoms with Gasteiger partial charge in [-0.15, -0.1) is 0 Å². The number of hydrogen-bond donors (Lipinski definition) is 1. The van der Waals surface area contributed by atoms with E-state index in [9.17, 15) is 0 Å². The van der Waals surface area contributed by atoms with Gasteiger partial charge < -0.3 is 19.9 Å². The van der Waals surface area contributed by atoms with Crippen molar-refractivity contribution < 1.29 is 14.2 Å². The first-order valence-electron chi connectivity index (χ1n) is 7.72. The summed E-state index contributed by atoms with van der Waals surface area (Å²) in [5.41, 5.74) is 7.01. The van der Waals surface area contributed by atoms with E-state index in [2.05, 4.69) is 24.8 Å². The van der Waals surface area contributed by atoms with Crippen LogP contribution in [-0.2, 0) is 14.2 Å². The lowest BCUT2D eigenvalue weighted by molar-refractivity contribution is -0.191. The molecule has 0 aromatic carbocycles. The Morgan fingerprint density at radius 3 is 2.88 bits per heavy atom. The normalized spacial score (nSPS) is 30.5. The molecule has 0 aliphatic carbocycles. The molecule has 2 aromatic heterocycles. The van der Waals surface area contributed by atoms with Gasteiger partial charge in [0.25, 0.3) is 0 Å². The SMILES string of the molecule is CC1(C)O[C@@H]2[C@H](O1)[C@@H](/C=C/C#CI)O[C@H]2n1cnc2c(N)ncnc21. The number of halogens is 1. The lowest BCUT2D eigenvalue weighted by Gasteiger charge is -2.23. The van der Waals surface area contributed by atoms with Crippen LogP contribution in [0.4, 0.5) is 5.82 Å². The zero-order valence-corrected chi connectivity index (χ0v) is 15.7. The van der Waals surface area contributed by atoms with Crippen LogP contribution in [0.3, 0.4) is 0 Å². The molecule has 0 amide bonds. The summed E-state index contributed by atoms with van der Waals surface area (Å²) in [6, 6.07) is 0. The predicted octanol–water partition coefficient (Wildman–Crippen LogP) is 1.78. The van der Waals surface area contributed by atoms with E-state index in [4.69, 9.17) is 19.9 Å². The molecular formula is C16H16IN5O3. The highest BCUT2D eigenvalue weighted by atomic mass is 127. The molecule has 130 valence electrons. The van der Waals surface area contributed by atoms with Crippen LogP contribution >= 0.6 is 22.6 Å². The third kappa shape index (κ3) is 2.89. The summed E-state index contributed by atoms with van der Waals surface area (Å²) < 4.78 is 22.9. The first kappa shape index (κ1) is 16.7. The maximum absolute atomic E-state index is 6.18. The maximum Gasteiger partial charge on any atom is 0.167 e. The van der Waals surface area contributed by atoms with E-state index in [1.807, 2.05) is 47.1 Å². The molecule has 0 bridgehead atoms. The highest BCUT2D eigenvalue weighted by molar-refractivity contribution is 14.1. The van der Waals surface area contributed by atoms with E-state index < -0.39 is 12.0 Å². The average molecular weight is 453 g/mol. The average Bonchev–Trinajstić information content (AvgIpc) is 3.20. The van der Waals surface area contributed by atoms with E-state index >= 15 is 0 Å². The number of nitrogen functional groups attached to an aromatic ring is 1. The number of nitrogens with zero attached hydrogens (tertiary/aromatic N) is 4. The van der Waals surface area contributed by atoms with Gasteiger partial charge in [0.15, 0.2) is 23.5 Å². The van der Waals surface area contributed by atoms with Crippen molar-refractivity contribution in [2.45, 2.75) is 44.2 Å². The Morgan fingerprint density at radius 1 is 1.28 bits per heavy atom. The summed E-state index contributed by atoms with van der Waals surface area (Å²) in [6.45, 7) is 3.78. The molecule has 2 aliphatic heterocycles. The highest BCUT2D eigenvalue weighted by Gasteiger charge is 2.55. The Balaban J connectivity index is 1.73. The molecule has 25 heavy (non-hydrogen) atoms. The van der Waals surface area contributed by atoms with Crippen molar-refractivity contribution in [3.8, 4) is 9.85 Å². The van der Waals surface area contributed by atoms with Crippen molar-refractivity contribution in [3.05, 3.63) is 24.8 Å². The Kier molecular flexibility index (Phi) is 4.15. The van der Waals surface area contributed by atoms with Crippen molar-refractivity contribution in [1.29, 1.82) is 0 Å². The van der Waals surface area contributed by atoms with Gasteiger partial charge in [-0.1, -0.05) is 5.92 Å². The van der Waals surface area contributed by atoms with Gasteiger partial charge in [-0.3, -0.25) is 4.57 Å². The van der Waals surface area contributed by atoms with Gasteiger partial charge in [0.2, 0.25) is 0 Å². The largest absolute Gasteiger partial charge is 0.382 e. The Morgan fingerprint density at radius 2 is 2.08 bits per heavy atom. The van der Waals surface area contributed by atoms with Crippen LogP contribution in [0.1, 0.15) is 20.1 Å². The number of aromatic nitrogens is 4. The second-order valence-corrected chi connectivity index (χ2v) is 6.78. The Labute approximate surface area is 157 Å². The number of anilines is 1. The van der Waals surface area contributed by atoms with Crippen LogP contribution in [-0.4, -0.2) is 43.6 Å². The lowest BCUT2D eigenvalue weighted by atomic mass is 10.1. The van der Waals surface area contributed by atoms with E-state index in [1.54, 1.807) is 12.4 Å². The van der Waals surface area contributed by atoms with E-state index in [0.29, 0.717) is 17.0 Å². The Hall–Kier alpha value is -1.74. The molecule has 2 N–H and O–H groups in total. The van der Waals surface area contributed by atoms with E-state index in [-0.39, 0.29) is 18.3 Å². The number of rotatable bonds is 2. The summed E-state index contributed by atoms with van der Waals surface area (Å²) in [5.74, 6) is 2.52. The first-order chi connectivity index (χ1) is 12.0. The van der Waals surface area contributed by atoms with Gasteiger partial charge in [-0.05, 0) is 29.9 Å². The maximum atomic E-state index is 6.18. The molecule has 2 aliphatic rings. The molecule has 2 saturated heterocycles. The minimum absolute atomic E-state index is 0.246. The fraction of sp³-hybridized carbons (Fsp3) is 0.438. The van der Waals surface area contributed by atoms with Gasteiger partial charge in [0.05, 0.1) is 6.33 Å². The predicted molar refractivity (Wildman–Crippen MR) is 98.4 cm³/mol. The van der Waals surface area contributed by atoms with Crippen LogP contribution in [0.15, 0.2) is 24.8 Å². The number of hydrogen-bond acceptors (Lipinski definition) is 7. The fourth-order valence-electron chi connectivity index (χ4n) is 3.22. The zero-order chi connectivity index (χ0) is 17.6. The lowest BCUT2D eigenvalue weighted by Crippen LogP contribution is -2.28. The van der Waals surface area contributed by atoms with E-state index in [0.717, 1.165) is 0 Å². The number of ether oxygens (including phenoxy) is 3. The number of imidazole rings is 1. The van der Waals surface area contributed by atoms with Crippen LogP contribution in [0.2, 0.25) is 0 Å². The molecule has 0 spiro atoms. The minimum Gasteiger partial charge on any atom is -0.382 e. The van der Waals surface area contributed by atoms with Crippen LogP contribution in [0.25, 0.3) is 11.2 Å². The number of allylic oxidation sites excluding steroid dienone is 1. The monoisotopic (exact) mass is 453 g/mol. The molecule has 0 saturated carbocycles. The first-order valence-corrected chi connectivity index (χ1v) is 8.80. The number of nitrogens with two attached hydrogens (primary N) is 1. The molecule has 4 rings (SSSR count). The summed E-state index contributed by atoms with van der Waals surface area (Å²) in [4.78, 5) is 12.6. The second kappa shape index (κ2) is 6.21. The molecule has 0 radical (unpaired) electrons. The van der Waals surface area contributed by atoms with Crippen molar-refractivity contribution in [3.63, 3.8) is 0 Å². The highest BCUT2D eigenvalue weighted by Crippen LogP contribution is 2.44. The minimum atomic E-state index is -0.692. The van der Waals surface area contributed by atoms with Gasteiger partial charge in [-0.2, -0.15) is 0 Å². The summed E-state index contributed by atoms with van der Waals surface area (Å²) in [5, 5.41) is 0. The van der Waals surface area contributed by atoms with Gasteiger partial charge in [-0.25, -0.2) is 15.0 Å². The molecule has 4 heterocycles. The molecule has 8 nitrogen and oxygen atoms in total. The van der Waals surface area contributed by atoms with E-state index in [1.165, 1.54) is 6.33 Å². The molecule has 2 aromatic rings. The topological polar surface area (TPSA) is 97.3 Å². The van der Waals surface area contributed by atoms with Crippen molar-refractivity contribution in [2.24, 2.45) is 0 Å². The molecule has 0 unspecified atom stereocenters. The molecular weight excluding hydrogens is 437 g/mol. The molecule has 4 atom stereocenters. The van der Waals surface area contributed by atoms with Crippen LogP contribution in [0.5, 0.6) is 0 Å².